The van der Waals surface area contributed by atoms with Crippen molar-refractivity contribution in [1.29, 1.82) is 0 Å². The molecule has 2 rings (SSSR count). The zero-order valence-corrected chi connectivity index (χ0v) is 11.3. The number of likely N-dealkylation sites (tertiary alicyclic amines) is 1. The molecule has 1 heterocycles. The van der Waals surface area contributed by atoms with Gasteiger partial charge in [-0.2, -0.15) is 0 Å². The number of halogens is 3. The first-order valence-electron chi connectivity index (χ1n) is 6.69. The van der Waals surface area contributed by atoms with E-state index in [9.17, 15) is 22.8 Å². The Labute approximate surface area is 119 Å². The van der Waals surface area contributed by atoms with Gasteiger partial charge in [0, 0.05) is 18.7 Å². The summed E-state index contributed by atoms with van der Waals surface area (Å²) in [7, 11) is 0. The topological polar surface area (TPSA) is 49.4 Å². The molecule has 2 amide bonds. The fraction of sp³-hybridized carbons (Fsp3) is 0.429. The smallest absolute Gasteiger partial charge is 0.251 e. The molecule has 1 saturated heterocycles. The van der Waals surface area contributed by atoms with E-state index < -0.39 is 23.4 Å². The number of amides is 2. The van der Waals surface area contributed by atoms with Crippen molar-refractivity contribution in [2.75, 3.05) is 19.6 Å². The van der Waals surface area contributed by atoms with E-state index in [4.69, 9.17) is 0 Å². The molecule has 0 aliphatic carbocycles. The van der Waals surface area contributed by atoms with E-state index in [1.165, 1.54) is 0 Å². The molecule has 0 atom stereocenters. The number of nitrogens with zero attached hydrogens (tertiary/aromatic N) is 1. The molecule has 0 unspecified atom stereocenters. The lowest BCUT2D eigenvalue weighted by atomic mass is 10.1. The van der Waals surface area contributed by atoms with Crippen LogP contribution in [0.25, 0.3) is 0 Å². The minimum absolute atomic E-state index is 0.244. The Morgan fingerprint density at radius 1 is 1.05 bits per heavy atom. The van der Waals surface area contributed by atoms with Crippen LogP contribution in [0.1, 0.15) is 29.6 Å². The van der Waals surface area contributed by atoms with Gasteiger partial charge >= 0.3 is 0 Å². The van der Waals surface area contributed by atoms with Gasteiger partial charge in [-0.1, -0.05) is 0 Å². The van der Waals surface area contributed by atoms with Gasteiger partial charge < -0.3 is 10.2 Å². The lowest BCUT2D eigenvalue weighted by Gasteiger charge is -2.26. The van der Waals surface area contributed by atoms with Gasteiger partial charge in [0.25, 0.3) is 5.91 Å². The highest BCUT2D eigenvalue weighted by Crippen LogP contribution is 2.13. The summed E-state index contributed by atoms with van der Waals surface area (Å²) in [5, 5.41) is 2.28. The summed E-state index contributed by atoms with van der Waals surface area (Å²) in [5.41, 5.74) is -0.363. The third-order valence-electron chi connectivity index (χ3n) is 3.35. The molecule has 0 saturated carbocycles. The summed E-state index contributed by atoms with van der Waals surface area (Å²) in [6, 6.07) is 1.19. The van der Waals surface area contributed by atoms with E-state index >= 15 is 0 Å². The Kier molecular flexibility index (Phi) is 4.82. The molecule has 1 aromatic rings. The van der Waals surface area contributed by atoms with Crippen molar-refractivity contribution in [3.05, 3.63) is 35.1 Å². The monoisotopic (exact) mass is 300 g/mol. The molecule has 0 aromatic heterocycles. The molecule has 0 bridgehead atoms. The first-order chi connectivity index (χ1) is 9.99. The summed E-state index contributed by atoms with van der Waals surface area (Å²) in [6.45, 7) is 1.04. The number of hydrogen-bond acceptors (Lipinski definition) is 2. The van der Waals surface area contributed by atoms with Crippen LogP contribution >= 0.6 is 0 Å². The van der Waals surface area contributed by atoms with Gasteiger partial charge in [0.2, 0.25) is 5.91 Å². The number of rotatable bonds is 3. The van der Waals surface area contributed by atoms with Gasteiger partial charge in [0.05, 0.1) is 6.54 Å². The predicted molar refractivity (Wildman–Crippen MR) is 69.1 cm³/mol. The van der Waals surface area contributed by atoms with Crippen LogP contribution in [0, 0.1) is 17.5 Å². The average Bonchev–Trinajstić information content (AvgIpc) is 2.50. The molecule has 7 heteroatoms. The van der Waals surface area contributed by atoms with Crippen LogP contribution in [-0.4, -0.2) is 36.3 Å². The molecular formula is C14H15F3N2O2. The molecule has 1 aliphatic rings. The van der Waals surface area contributed by atoms with Crippen LogP contribution < -0.4 is 5.32 Å². The van der Waals surface area contributed by atoms with E-state index in [0.29, 0.717) is 25.2 Å². The predicted octanol–water partition coefficient (Wildman–Crippen LogP) is 1.85. The molecule has 114 valence electrons. The number of piperidine rings is 1. The molecule has 1 fully saturated rings. The number of carbonyl (C=O) groups excluding carboxylic acids is 2. The van der Waals surface area contributed by atoms with Gasteiger partial charge in [-0.25, -0.2) is 13.2 Å². The largest absolute Gasteiger partial charge is 0.343 e. The van der Waals surface area contributed by atoms with E-state index in [0.717, 1.165) is 19.3 Å². The first-order valence-corrected chi connectivity index (χ1v) is 6.69. The fourth-order valence-corrected chi connectivity index (χ4v) is 2.20. The van der Waals surface area contributed by atoms with Gasteiger partial charge in [-0.3, -0.25) is 9.59 Å². The Morgan fingerprint density at radius 2 is 1.62 bits per heavy atom. The Morgan fingerprint density at radius 3 is 2.19 bits per heavy atom. The van der Waals surface area contributed by atoms with Gasteiger partial charge in [0.1, 0.15) is 0 Å². The van der Waals surface area contributed by atoms with Gasteiger partial charge in [-0.15, -0.1) is 0 Å². The van der Waals surface area contributed by atoms with E-state index in [1.54, 1.807) is 4.90 Å². The van der Waals surface area contributed by atoms with Crippen LogP contribution in [0.15, 0.2) is 12.1 Å². The summed E-state index contributed by atoms with van der Waals surface area (Å²) >= 11 is 0. The number of carbonyl (C=O) groups is 2. The zero-order valence-electron chi connectivity index (χ0n) is 11.3. The molecule has 1 N–H and O–H groups in total. The summed E-state index contributed by atoms with van der Waals surface area (Å²) < 4.78 is 38.8. The van der Waals surface area contributed by atoms with Crippen LogP contribution in [-0.2, 0) is 4.79 Å². The molecule has 4 nitrogen and oxygen atoms in total. The van der Waals surface area contributed by atoms with Crippen molar-refractivity contribution < 1.29 is 22.8 Å². The Hall–Kier alpha value is -2.05. The molecule has 0 radical (unpaired) electrons. The van der Waals surface area contributed by atoms with Gasteiger partial charge in [-0.05, 0) is 31.4 Å². The van der Waals surface area contributed by atoms with Crippen molar-refractivity contribution in [2.24, 2.45) is 0 Å². The summed E-state index contributed by atoms with van der Waals surface area (Å²) in [5.74, 6) is -5.58. The second-order valence-corrected chi connectivity index (χ2v) is 4.88. The van der Waals surface area contributed by atoms with Crippen LogP contribution in [0.3, 0.4) is 0 Å². The molecule has 1 aliphatic heterocycles. The molecule has 21 heavy (non-hydrogen) atoms. The van der Waals surface area contributed by atoms with Crippen molar-refractivity contribution in [2.45, 2.75) is 19.3 Å². The summed E-state index contributed by atoms with van der Waals surface area (Å²) in [6.07, 6.45) is 2.92. The number of nitrogens with one attached hydrogen (secondary N) is 1. The van der Waals surface area contributed by atoms with Crippen LogP contribution in [0.5, 0.6) is 0 Å². The average molecular weight is 300 g/mol. The molecule has 0 spiro atoms. The number of hydrogen-bond donors (Lipinski definition) is 1. The second kappa shape index (κ2) is 6.60. The van der Waals surface area contributed by atoms with Crippen molar-refractivity contribution in [3.8, 4) is 0 Å². The van der Waals surface area contributed by atoms with E-state index in [-0.39, 0.29) is 18.0 Å². The highest BCUT2D eigenvalue weighted by molar-refractivity contribution is 5.96. The maximum absolute atomic E-state index is 13.0. The minimum Gasteiger partial charge on any atom is -0.343 e. The first kappa shape index (κ1) is 15.3. The second-order valence-electron chi connectivity index (χ2n) is 4.88. The third kappa shape index (κ3) is 3.74. The summed E-state index contributed by atoms with van der Waals surface area (Å²) in [4.78, 5) is 25.2. The van der Waals surface area contributed by atoms with Gasteiger partial charge in [0.15, 0.2) is 17.5 Å². The van der Waals surface area contributed by atoms with Crippen LogP contribution in [0.4, 0.5) is 13.2 Å². The zero-order chi connectivity index (χ0) is 15.4. The maximum atomic E-state index is 13.0. The SMILES string of the molecule is O=C(NCC(=O)N1CCCCC1)c1cc(F)c(F)c(F)c1. The highest BCUT2D eigenvalue weighted by Gasteiger charge is 2.19. The van der Waals surface area contributed by atoms with Crippen LogP contribution in [0.2, 0.25) is 0 Å². The minimum atomic E-state index is -1.63. The quantitative estimate of drug-likeness (QED) is 0.866. The normalized spacial score (nSPS) is 14.9. The van der Waals surface area contributed by atoms with E-state index in [2.05, 4.69) is 5.32 Å². The Balaban J connectivity index is 1.94. The fourth-order valence-electron chi connectivity index (χ4n) is 2.20. The van der Waals surface area contributed by atoms with Crippen molar-refractivity contribution >= 4 is 11.8 Å². The maximum Gasteiger partial charge on any atom is 0.251 e. The standard InChI is InChI=1S/C14H15F3N2O2/c15-10-6-9(7-11(16)13(10)17)14(21)18-8-12(20)19-4-2-1-3-5-19/h6-7H,1-5,8H2,(H,18,21). The van der Waals surface area contributed by atoms with Crippen molar-refractivity contribution in [1.82, 2.24) is 10.2 Å². The molecular weight excluding hydrogens is 285 g/mol. The highest BCUT2D eigenvalue weighted by atomic mass is 19.2. The Bertz CT molecular complexity index is 534. The van der Waals surface area contributed by atoms with Crippen molar-refractivity contribution in [3.63, 3.8) is 0 Å². The third-order valence-corrected chi connectivity index (χ3v) is 3.35. The molecule has 1 aromatic carbocycles. The lowest BCUT2D eigenvalue weighted by Crippen LogP contribution is -2.42. The van der Waals surface area contributed by atoms with E-state index in [1.807, 2.05) is 0 Å². The lowest BCUT2D eigenvalue weighted by molar-refractivity contribution is -0.130. The number of benzene rings is 1.